The lowest BCUT2D eigenvalue weighted by molar-refractivity contribution is -0.384. The summed E-state index contributed by atoms with van der Waals surface area (Å²) in [6.07, 6.45) is 1.29. The van der Waals surface area contributed by atoms with E-state index in [-0.39, 0.29) is 16.5 Å². The Morgan fingerprint density at radius 2 is 1.93 bits per heavy atom. The van der Waals surface area contributed by atoms with Crippen LogP contribution in [0.1, 0.15) is 16.1 Å². The third kappa shape index (κ3) is 3.30. The number of nitro groups is 1. The van der Waals surface area contributed by atoms with Crippen LogP contribution in [-0.2, 0) is 0 Å². The topological polar surface area (TPSA) is 97.7 Å². The smallest absolute Gasteiger partial charge is 0.307 e. The average Bonchev–Trinajstić information content (AvgIpc) is 3.14. The highest BCUT2D eigenvalue weighted by Gasteiger charge is 2.14. The molecule has 0 unspecified atom stereocenters. The minimum absolute atomic E-state index is 0.0284. The Bertz CT molecular complexity index is 1260. The number of carbonyl (C=O) groups is 1. The summed E-state index contributed by atoms with van der Waals surface area (Å²) in [5, 5.41) is 17.6. The van der Waals surface area contributed by atoms with E-state index >= 15 is 0 Å². The number of nitrogens with one attached hydrogen (secondary N) is 1. The molecule has 138 valence electrons. The van der Waals surface area contributed by atoms with Gasteiger partial charge in [0.05, 0.1) is 11.1 Å². The molecule has 7 nitrogen and oxygen atoms in total. The highest BCUT2D eigenvalue weighted by molar-refractivity contribution is 6.32. The van der Waals surface area contributed by atoms with Gasteiger partial charge in [-0.1, -0.05) is 48.0 Å². The molecule has 3 aromatic carbocycles. The number of hydrogen-bond donors (Lipinski definition) is 1. The summed E-state index contributed by atoms with van der Waals surface area (Å²) in [6.45, 7) is 0. The van der Waals surface area contributed by atoms with Gasteiger partial charge in [0, 0.05) is 17.0 Å². The highest BCUT2D eigenvalue weighted by atomic mass is 35.5. The average molecular weight is 394 g/mol. The van der Waals surface area contributed by atoms with Crippen LogP contribution >= 0.6 is 11.6 Å². The van der Waals surface area contributed by atoms with Crippen molar-refractivity contribution in [1.82, 2.24) is 5.43 Å². The maximum absolute atomic E-state index is 12.3. The molecule has 28 heavy (non-hydrogen) atoms. The van der Waals surface area contributed by atoms with Crippen LogP contribution in [-0.4, -0.2) is 17.0 Å². The summed E-state index contributed by atoms with van der Waals surface area (Å²) in [5.41, 5.74) is 3.14. The van der Waals surface area contributed by atoms with E-state index in [1.54, 1.807) is 12.1 Å². The number of carbonyl (C=O) groups excluding carboxylic acids is 1. The second kappa shape index (κ2) is 7.13. The quantitative estimate of drug-likeness (QED) is 0.302. The number of furan rings is 1. The molecule has 1 amide bonds. The number of amides is 1. The molecule has 0 saturated carbocycles. The number of hydrazone groups is 1. The monoisotopic (exact) mass is 393 g/mol. The van der Waals surface area contributed by atoms with Crippen LogP contribution in [0.4, 0.5) is 5.69 Å². The Balaban J connectivity index is 1.56. The number of hydrogen-bond acceptors (Lipinski definition) is 5. The van der Waals surface area contributed by atoms with Crippen LogP contribution in [0.3, 0.4) is 0 Å². The Hall–Kier alpha value is -3.71. The van der Waals surface area contributed by atoms with Crippen molar-refractivity contribution in [3.63, 3.8) is 0 Å². The summed E-state index contributed by atoms with van der Waals surface area (Å²) in [5.74, 6) is -0.411. The van der Waals surface area contributed by atoms with Crippen molar-refractivity contribution in [2.24, 2.45) is 5.10 Å². The number of benzene rings is 3. The van der Waals surface area contributed by atoms with Crippen LogP contribution < -0.4 is 5.43 Å². The number of nitrogens with zero attached hydrogens (tertiary/aromatic N) is 2. The van der Waals surface area contributed by atoms with Gasteiger partial charge < -0.3 is 4.42 Å². The Labute approximate surface area is 163 Å². The van der Waals surface area contributed by atoms with Crippen molar-refractivity contribution in [2.45, 2.75) is 0 Å². The van der Waals surface area contributed by atoms with E-state index in [4.69, 9.17) is 16.0 Å². The lowest BCUT2D eigenvalue weighted by Gasteiger charge is -1.98. The molecule has 0 radical (unpaired) electrons. The molecule has 0 fully saturated rings. The lowest BCUT2D eigenvalue weighted by Crippen LogP contribution is -2.16. The molecule has 1 heterocycles. The first-order valence-corrected chi connectivity index (χ1v) is 8.59. The van der Waals surface area contributed by atoms with Gasteiger partial charge in [-0.3, -0.25) is 14.9 Å². The van der Waals surface area contributed by atoms with Crippen LogP contribution in [0.2, 0.25) is 5.02 Å². The fourth-order valence-corrected chi connectivity index (χ4v) is 3.06. The molecule has 0 aliphatic heterocycles. The molecule has 4 rings (SSSR count). The minimum Gasteiger partial charge on any atom is -0.451 e. The third-order valence-corrected chi connectivity index (χ3v) is 4.52. The van der Waals surface area contributed by atoms with Gasteiger partial charge in [-0.15, -0.1) is 0 Å². The van der Waals surface area contributed by atoms with Crippen molar-refractivity contribution in [1.29, 1.82) is 0 Å². The van der Waals surface area contributed by atoms with Gasteiger partial charge in [0.1, 0.15) is 10.6 Å². The first-order chi connectivity index (χ1) is 13.5. The van der Waals surface area contributed by atoms with Crippen LogP contribution in [0.5, 0.6) is 0 Å². The summed E-state index contributed by atoms with van der Waals surface area (Å²) in [6, 6.07) is 17.4. The van der Waals surface area contributed by atoms with Crippen molar-refractivity contribution in [3.05, 3.63) is 87.1 Å². The number of rotatable bonds is 4. The van der Waals surface area contributed by atoms with Crippen LogP contribution in [0.15, 0.2) is 70.2 Å². The molecule has 0 aliphatic carbocycles. The summed E-state index contributed by atoms with van der Waals surface area (Å²) in [7, 11) is 0. The van der Waals surface area contributed by atoms with Gasteiger partial charge in [-0.2, -0.15) is 5.10 Å². The molecule has 8 heteroatoms. The zero-order chi connectivity index (χ0) is 19.7. The van der Waals surface area contributed by atoms with E-state index in [1.165, 1.54) is 18.3 Å². The Morgan fingerprint density at radius 1 is 1.11 bits per heavy atom. The molecule has 0 spiro atoms. The van der Waals surface area contributed by atoms with Gasteiger partial charge >= 0.3 is 5.91 Å². The zero-order valence-electron chi connectivity index (χ0n) is 14.3. The molecule has 0 atom stereocenters. The second-order valence-corrected chi connectivity index (χ2v) is 6.38. The molecular weight excluding hydrogens is 382 g/mol. The van der Waals surface area contributed by atoms with Gasteiger partial charge in [0.2, 0.25) is 0 Å². The third-order valence-electron chi connectivity index (χ3n) is 4.20. The normalized spacial score (nSPS) is 11.3. The molecule has 4 aromatic rings. The van der Waals surface area contributed by atoms with E-state index < -0.39 is 10.8 Å². The van der Waals surface area contributed by atoms with Gasteiger partial charge in [0.15, 0.2) is 5.76 Å². The molecule has 0 bridgehead atoms. The van der Waals surface area contributed by atoms with Crippen molar-refractivity contribution >= 4 is 51.2 Å². The Morgan fingerprint density at radius 3 is 2.75 bits per heavy atom. The van der Waals surface area contributed by atoms with Crippen LogP contribution in [0, 0.1) is 10.1 Å². The second-order valence-electron chi connectivity index (χ2n) is 5.98. The summed E-state index contributed by atoms with van der Waals surface area (Å²) < 4.78 is 5.61. The van der Waals surface area contributed by atoms with Crippen molar-refractivity contribution in [2.75, 3.05) is 0 Å². The molecule has 1 aromatic heterocycles. The lowest BCUT2D eigenvalue weighted by atomic mass is 10.1. The van der Waals surface area contributed by atoms with Gasteiger partial charge in [-0.05, 0) is 29.0 Å². The summed E-state index contributed by atoms with van der Waals surface area (Å²) >= 11 is 5.77. The Kier molecular flexibility index (Phi) is 4.50. The van der Waals surface area contributed by atoms with E-state index in [2.05, 4.69) is 10.5 Å². The summed E-state index contributed by atoms with van der Waals surface area (Å²) in [4.78, 5) is 22.6. The molecule has 0 aliphatic rings. The minimum atomic E-state index is -0.586. The predicted octanol–water partition coefficient (Wildman–Crippen LogP) is 4.91. The zero-order valence-corrected chi connectivity index (χ0v) is 15.0. The van der Waals surface area contributed by atoms with Gasteiger partial charge in [-0.25, -0.2) is 5.43 Å². The number of halogens is 1. The highest BCUT2D eigenvalue weighted by Crippen LogP contribution is 2.28. The maximum atomic E-state index is 12.3. The van der Waals surface area contributed by atoms with Crippen LogP contribution in [0.25, 0.3) is 21.7 Å². The van der Waals surface area contributed by atoms with Crippen molar-refractivity contribution < 1.29 is 14.1 Å². The molecule has 0 saturated heterocycles. The SMILES string of the molecule is O=C(N/N=C/c1ccc(Cl)c([N+](=O)[O-])c1)c1cc2c(ccc3ccccc32)o1. The predicted molar refractivity (Wildman–Crippen MR) is 107 cm³/mol. The fourth-order valence-electron chi connectivity index (χ4n) is 2.87. The first-order valence-electron chi connectivity index (χ1n) is 8.21. The van der Waals surface area contributed by atoms with E-state index in [0.717, 1.165) is 16.2 Å². The van der Waals surface area contributed by atoms with E-state index in [9.17, 15) is 14.9 Å². The van der Waals surface area contributed by atoms with E-state index in [0.29, 0.717) is 11.1 Å². The largest absolute Gasteiger partial charge is 0.451 e. The number of fused-ring (bicyclic) bond motifs is 3. The van der Waals surface area contributed by atoms with Crippen molar-refractivity contribution in [3.8, 4) is 0 Å². The van der Waals surface area contributed by atoms with E-state index in [1.807, 2.05) is 36.4 Å². The van der Waals surface area contributed by atoms with Gasteiger partial charge in [0.25, 0.3) is 5.69 Å². The standard InChI is InChI=1S/C20H12ClN3O4/c21-16-7-5-12(9-17(16)24(26)27)11-22-23-20(25)19-10-15-14-4-2-1-3-13(14)6-8-18(15)28-19/h1-11H,(H,23,25)/b22-11+. The molecular formula is C20H12ClN3O4. The first kappa shape index (κ1) is 17.7. The maximum Gasteiger partial charge on any atom is 0.307 e. The molecule has 1 N–H and O–H groups in total. The number of nitro benzene ring substituents is 1. The fraction of sp³-hybridized carbons (Fsp3) is 0.